The van der Waals surface area contributed by atoms with E-state index < -0.39 is 4.32 Å². The van der Waals surface area contributed by atoms with Gasteiger partial charge in [-0.25, -0.2) is 0 Å². The summed E-state index contributed by atoms with van der Waals surface area (Å²) in [6, 6.07) is 5.74. The average molecular weight is 335 g/mol. The molecule has 1 aromatic rings. The number of nitrogens with one attached hydrogen (secondary N) is 1. The van der Waals surface area contributed by atoms with Gasteiger partial charge in [0.2, 0.25) is 5.91 Å². The summed E-state index contributed by atoms with van der Waals surface area (Å²) in [5.41, 5.74) is 1.94. The highest BCUT2D eigenvalue weighted by molar-refractivity contribution is 9.10. The monoisotopic (exact) mass is 333 g/mol. The van der Waals surface area contributed by atoms with E-state index in [4.69, 9.17) is 0 Å². The largest absolute Gasteiger partial charge is 0.325 e. The summed E-state index contributed by atoms with van der Waals surface area (Å²) in [6.07, 6.45) is 0. The molecule has 1 aromatic carbocycles. The van der Waals surface area contributed by atoms with Crippen molar-refractivity contribution in [2.24, 2.45) is 0 Å². The van der Waals surface area contributed by atoms with Crippen LogP contribution in [0.2, 0.25) is 0 Å². The zero-order chi connectivity index (χ0) is 11.6. The van der Waals surface area contributed by atoms with Gasteiger partial charge in [0.25, 0.3) is 0 Å². The number of hydrogen-bond acceptors (Lipinski definition) is 1. The first-order valence-corrected chi connectivity index (χ1v) is 6.16. The minimum atomic E-state index is -0.551. The fraction of sp³-hybridized carbons (Fsp3) is 0.364. The molecule has 0 saturated carbocycles. The minimum absolute atomic E-state index is 0.0572. The Hall–Kier alpha value is -0.350. The summed E-state index contributed by atoms with van der Waals surface area (Å²) in [4.78, 5) is 11.7. The lowest BCUT2D eigenvalue weighted by Gasteiger charge is -2.16. The summed E-state index contributed by atoms with van der Waals surface area (Å²) in [6.45, 7) is 5.63. The standard InChI is InChI=1S/C11H13Br2NO/c1-7-4-5-8(6-9(7)12)14-10(15)11(2,3)13/h4-6H,1-3H3,(H,14,15). The molecule has 0 unspecified atom stereocenters. The number of halogens is 2. The van der Waals surface area contributed by atoms with Crippen molar-refractivity contribution in [1.29, 1.82) is 0 Å². The first-order valence-electron chi connectivity index (χ1n) is 4.57. The fourth-order valence-electron chi connectivity index (χ4n) is 0.950. The van der Waals surface area contributed by atoms with Gasteiger partial charge in [-0.2, -0.15) is 0 Å². The zero-order valence-electron chi connectivity index (χ0n) is 8.90. The third kappa shape index (κ3) is 3.61. The second-order valence-electron chi connectivity index (χ2n) is 3.89. The lowest BCUT2D eigenvalue weighted by atomic mass is 10.2. The van der Waals surface area contributed by atoms with Crippen LogP contribution in [0.4, 0.5) is 5.69 Å². The van der Waals surface area contributed by atoms with Crippen LogP contribution in [0.25, 0.3) is 0 Å². The maximum Gasteiger partial charge on any atom is 0.240 e. The molecule has 2 nitrogen and oxygen atoms in total. The van der Waals surface area contributed by atoms with Crippen molar-refractivity contribution in [2.75, 3.05) is 5.32 Å². The number of benzene rings is 1. The highest BCUT2D eigenvalue weighted by atomic mass is 79.9. The zero-order valence-corrected chi connectivity index (χ0v) is 12.1. The van der Waals surface area contributed by atoms with E-state index in [0.717, 1.165) is 15.7 Å². The van der Waals surface area contributed by atoms with Crippen molar-refractivity contribution < 1.29 is 4.79 Å². The van der Waals surface area contributed by atoms with E-state index in [0.29, 0.717) is 0 Å². The van der Waals surface area contributed by atoms with Gasteiger partial charge >= 0.3 is 0 Å². The molecular formula is C11H13Br2NO. The van der Waals surface area contributed by atoms with E-state index >= 15 is 0 Å². The topological polar surface area (TPSA) is 29.1 Å². The quantitative estimate of drug-likeness (QED) is 0.817. The number of alkyl halides is 1. The Morgan fingerprint density at radius 3 is 2.47 bits per heavy atom. The third-order valence-electron chi connectivity index (χ3n) is 1.97. The predicted octanol–water partition coefficient (Wildman–Crippen LogP) is 3.87. The average Bonchev–Trinajstić information content (AvgIpc) is 2.10. The Morgan fingerprint density at radius 1 is 1.40 bits per heavy atom. The molecule has 0 aliphatic rings. The molecule has 0 spiro atoms. The van der Waals surface area contributed by atoms with E-state index in [1.807, 2.05) is 39.0 Å². The number of aryl methyl sites for hydroxylation is 1. The van der Waals surface area contributed by atoms with Crippen LogP contribution in [0.1, 0.15) is 19.4 Å². The van der Waals surface area contributed by atoms with Gasteiger partial charge in [-0.3, -0.25) is 4.79 Å². The molecule has 15 heavy (non-hydrogen) atoms. The molecule has 1 amide bonds. The van der Waals surface area contributed by atoms with Crippen LogP contribution in [-0.2, 0) is 4.79 Å². The summed E-state index contributed by atoms with van der Waals surface area (Å²) in [7, 11) is 0. The lowest BCUT2D eigenvalue weighted by molar-refractivity contribution is -0.117. The van der Waals surface area contributed by atoms with Crippen molar-refractivity contribution in [3.8, 4) is 0 Å². The van der Waals surface area contributed by atoms with Gasteiger partial charge in [0.05, 0.1) is 4.32 Å². The van der Waals surface area contributed by atoms with Gasteiger partial charge in [-0.1, -0.05) is 37.9 Å². The van der Waals surface area contributed by atoms with Crippen molar-refractivity contribution in [3.63, 3.8) is 0 Å². The normalized spacial score (nSPS) is 11.3. The molecule has 1 N–H and O–H groups in total. The Kier molecular flexibility index (Phi) is 3.95. The van der Waals surface area contributed by atoms with Crippen LogP contribution in [0.15, 0.2) is 22.7 Å². The van der Waals surface area contributed by atoms with Crippen LogP contribution >= 0.6 is 31.9 Å². The molecule has 0 bridgehead atoms. The van der Waals surface area contributed by atoms with Gasteiger partial charge in [0.15, 0.2) is 0 Å². The van der Waals surface area contributed by atoms with Crippen molar-refractivity contribution in [2.45, 2.75) is 25.1 Å². The molecule has 0 atom stereocenters. The summed E-state index contributed by atoms with van der Waals surface area (Å²) >= 11 is 6.73. The number of anilines is 1. The van der Waals surface area contributed by atoms with Crippen LogP contribution < -0.4 is 5.32 Å². The first-order chi connectivity index (χ1) is 6.80. The molecule has 0 fully saturated rings. The molecule has 1 rings (SSSR count). The van der Waals surface area contributed by atoms with Crippen LogP contribution in [0.5, 0.6) is 0 Å². The molecule has 0 aromatic heterocycles. The van der Waals surface area contributed by atoms with E-state index in [-0.39, 0.29) is 5.91 Å². The first kappa shape index (κ1) is 12.7. The second kappa shape index (κ2) is 4.66. The highest BCUT2D eigenvalue weighted by Crippen LogP contribution is 2.23. The molecule has 0 aliphatic carbocycles. The fourth-order valence-corrected chi connectivity index (χ4v) is 1.43. The molecule has 0 saturated heterocycles. The van der Waals surface area contributed by atoms with Gasteiger partial charge in [0.1, 0.15) is 0 Å². The number of rotatable bonds is 2. The van der Waals surface area contributed by atoms with Gasteiger partial charge < -0.3 is 5.32 Å². The Balaban J connectivity index is 2.83. The van der Waals surface area contributed by atoms with Crippen molar-refractivity contribution >= 4 is 43.5 Å². The summed E-state index contributed by atoms with van der Waals surface area (Å²) in [5, 5.41) is 2.83. The van der Waals surface area contributed by atoms with Crippen LogP contribution in [0.3, 0.4) is 0 Å². The van der Waals surface area contributed by atoms with E-state index in [2.05, 4.69) is 37.2 Å². The SMILES string of the molecule is Cc1ccc(NC(=O)C(C)(C)Br)cc1Br. The molecule has 0 radical (unpaired) electrons. The Bertz CT molecular complexity index is 383. The lowest BCUT2D eigenvalue weighted by Crippen LogP contribution is -2.30. The molecule has 0 aliphatic heterocycles. The number of carbonyl (C=O) groups is 1. The number of carbonyl (C=O) groups excluding carboxylic acids is 1. The van der Waals surface area contributed by atoms with Crippen LogP contribution in [-0.4, -0.2) is 10.2 Å². The smallest absolute Gasteiger partial charge is 0.240 e. The highest BCUT2D eigenvalue weighted by Gasteiger charge is 2.23. The van der Waals surface area contributed by atoms with Crippen molar-refractivity contribution in [3.05, 3.63) is 28.2 Å². The molecule has 0 heterocycles. The maximum atomic E-state index is 11.7. The maximum absolute atomic E-state index is 11.7. The van der Waals surface area contributed by atoms with E-state index in [9.17, 15) is 4.79 Å². The van der Waals surface area contributed by atoms with Gasteiger partial charge in [-0.15, -0.1) is 0 Å². The predicted molar refractivity (Wildman–Crippen MR) is 70.5 cm³/mol. The van der Waals surface area contributed by atoms with E-state index in [1.165, 1.54) is 0 Å². The number of hydrogen-bond donors (Lipinski definition) is 1. The minimum Gasteiger partial charge on any atom is -0.325 e. The van der Waals surface area contributed by atoms with E-state index in [1.54, 1.807) is 0 Å². The molecule has 82 valence electrons. The number of amides is 1. The third-order valence-corrected chi connectivity index (χ3v) is 3.18. The Labute approximate surface area is 107 Å². The summed E-state index contributed by atoms with van der Waals surface area (Å²) < 4.78 is 0.442. The summed E-state index contributed by atoms with van der Waals surface area (Å²) in [5.74, 6) is -0.0572. The van der Waals surface area contributed by atoms with Gasteiger partial charge in [0, 0.05) is 10.2 Å². The Morgan fingerprint density at radius 2 is 2.00 bits per heavy atom. The van der Waals surface area contributed by atoms with Crippen molar-refractivity contribution in [1.82, 2.24) is 0 Å². The molecule has 4 heteroatoms. The van der Waals surface area contributed by atoms with Gasteiger partial charge in [-0.05, 0) is 38.5 Å². The second-order valence-corrected chi connectivity index (χ2v) is 6.73. The molecular weight excluding hydrogens is 322 g/mol. The van der Waals surface area contributed by atoms with Crippen LogP contribution in [0, 0.1) is 6.92 Å².